The Labute approximate surface area is 155 Å². The first-order valence-corrected chi connectivity index (χ1v) is 9.39. The monoisotopic (exact) mass is 343 g/mol. The number of nitriles is 1. The van der Waals surface area contributed by atoms with Gasteiger partial charge in [-0.3, -0.25) is 4.90 Å². The predicted octanol–water partition coefficient (Wildman–Crippen LogP) is 4.82. The van der Waals surface area contributed by atoms with Gasteiger partial charge in [0.1, 0.15) is 0 Å². The highest BCUT2D eigenvalue weighted by Gasteiger charge is 2.30. The van der Waals surface area contributed by atoms with Crippen LogP contribution in [-0.2, 0) is 13.6 Å². The summed E-state index contributed by atoms with van der Waals surface area (Å²) in [4.78, 5) is 2.50. The Kier molecular flexibility index (Phi) is 4.53. The van der Waals surface area contributed by atoms with E-state index in [0.717, 1.165) is 12.1 Å². The molecule has 0 radical (unpaired) electrons. The van der Waals surface area contributed by atoms with Crippen molar-refractivity contribution in [2.45, 2.75) is 37.8 Å². The molecule has 2 unspecified atom stereocenters. The smallest absolute Gasteiger partial charge is 0.0991 e. The number of hydrogen-bond donors (Lipinski definition) is 0. The molecular weight excluding hydrogens is 318 g/mol. The molecule has 132 valence electrons. The Hall–Kier alpha value is -2.57. The van der Waals surface area contributed by atoms with E-state index in [0.29, 0.717) is 12.0 Å². The lowest BCUT2D eigenvalue weighted by atomic mass is 9.96. The molecule has 0 aliphatic heterocycles. The van der Waals surface area contributed by atoms with E-state index in [4.69, 9.17) is 0 Å². The zero-order chi connectivity index (χ0) is 18.1. The highest BCUT2D eigenvalue weighted by molar-refractivity contribution is 5.85. The summed E-state index contributed by atoms with van der Waals surface area (Å²) in [7, 11) is 4.35. The number of aromatic nitrogens is 1. The van der Waals surface area contributed by atoms with Gasteiger partial charge in [-0.05, 0) is 61.6 Å². The highest BCUT2D eigenvalue weighted by Crippen LogP contribution is 2.40. The first-order valence-electron chi connectivity index (χ1n) is 9.39. The summed E-state index contributed by atoms with van der Waals surface area (Å²) in [6, 6.07) is 19.7. The summed E-state index contributed by atoms with van der Waals surface area (Å²) in [5, 5.41) is 10.5. The minimum absolute atomic E-state index is 0.580. The van der Waals surface area contributed by atoms with E-state index in [2.05, 4.69) is 78.3 Å². The van der Waals surface area contributed by atoms with Crippen molar-refractivity contribution < 1.29 is 0 Å². The fourth-order valence-electron chi connectivity index (χ4n) is 4.46. The predicted molar refractivity (Wildman–Crippen MR) is 106 cm³/mol. The van der Waals surface area contributed by atoms with Gasteiger partial charge in [0.2, 0.25) is 0 Å². The Morgan fingerprint density at radius 1 is 1.15 bits per heavy atom. The molecule has 1 heterocycles. The van der Waals surface area contributed by atoms with Crippen LogP contribution in [0.25, 0.3) is 10.9 Å². The zero-order valence-electron chi connectivity index (χ0n) is 15.5. The van der Waals surface area contributed by atoms with E-state index in [1.54, 1.807) is 0 Å². The molecule has 0 spiro atoms. The van der Waals surface area contributed by atoms with Crippen LogP contribution in [-0.4, -0.2) is 22.6 Å². The Bertz CT molecular complexity index is 949. The van der Waals surface area contributed by atoms with Crippen LogP contribution in [0.3, 0.4) is 0 Å². The van der Waals surface area contributed by atoms with Gasteiger partial charge in [-0.15, -0.1) is 0 Å². The van der Waals surface area contributed by atoms with Crippen molar-refractivity contribution in [1.82, 2.24) is 9.47 Å². The standard InChI is InChI=1S/C23H25N3/c1-25(15-17-6-4-3-5-7-17)20-10-9-19(13-20)22-16-26(2)23-11-8-18(14-24)12-21(22)23/h3-8,11-12,16,19-20H,9-10,13,15H2,1-2H3. The van der Waals surface area contributed by atoms with Crippen LogP contribution in [0.2, 0.25) is 0 Å². The lowest BCUT2D eigenvalue weighted by molar-refractivity contribution is 0.235. The molecule has 3 heteroatoms. The van der Waals surface area contributed by atoms with Gasteiger partial charge < -0.3 is 4.57 Å². The van der Waals surface area contributed by atoms with Crippen molar-refractivity contribution in [2.75, 3.05) is 7.05 Å². The largest absolute Gasteiger partial charge is 0.350 e. The molecule has 0 saturated heterocycles. The average molecular weight is 343 g/mol. The van der Waals surface area contributed by atoms with E-state index in [1.807, 2.05) is 6.07 Å². The summed E-state index contributed by atoms with van der Waals surface area (Å²) in [6.07, 6.45) is 5.93. The van der Waals surface area contributed by atoms with E-state index < -0.39 is 0 Å². The minimum Gasteiger partial charge on any atom is -0.350 e. The van der Waals surface area contributed by atoms with Crippen LogP contribution in [0, 0.1) is 11.3 Å². The summed E-state index contributed by atoms with van der Waals surface area (Å²) in [5.74, 6) is 0.580. The normalized spacial score (nSPS) is 19.9. The molecule has 1 aromatic heterocycles. The molecule has 0 amide bonds. The van der Waals surface area contributed by atoms with E-state index in [9.17, 15) is 5.26 Å². The van der Waals surface area contributed by atoms with Gasteiger partial charge in [0.25, 0.3) is 0 Å². The van der Waals surface area contributed by atoms with E-state index in [1.165, 1.54) is 41.3 Å². The molecule has 2 aromatic carbocycles. The quantitative estimate of drug-likeness (QED) is 0.680. The molecule has 1 saturated carbocycles. The molecular formula is C23H25N3. The van der Waals surface area contributed by atoms with Gasteiger partial charge in [0.05, 0.1) is 11.6 Å². The van der Waals surface area contributed by atoms with E-state index in [-0.39, 0.29) is 0 Å². The van der Waals surface area contributed by atoms with Gasteiger partial charge in [0, 0.05) is 36.7 Å². The van der Waals surface area contributed by atoms with Crippen molar-refractivity contribution in [3.8, 4) is 6.07 Å². The Balaban J connectivity index is 1.54. The molecule has 1 aliphatic carbocycles. The van der Waals surface area contributed by atoms with E-state index >= 15 is 0 Å². The molecule has 3 aromatic rings. The van der Waals surface area contributed by atoms with Crippen LogP contribution in [0.1, 0.15) is 41.9 Å². The molecule has 26 heavy (non-hydrogen) atoms. The molecule has 0 N–H and O–H groups in total. The van der Waals surface area contributed by atoms with Gasteiger partial charge in [-0.25, -0.2) is 0 Å². The first kappa shape index (κ1) is 16.9. The molecule has 1 fully saturated rings. The Morgan fingerprint density at radius 3 is 2.73 bits per heavy atom. The van der Waals surface area contributed by atoms with Crippen LogP contribution in [0.5, 0.6) is 0 Å². The van der Waals surface area contributed by atoms with Gasteiger partial charge in [-0.2, -0.15) is 5.26 Å². The molecule has 4 rings (SSSR count). The third-order valence-electron chi connectivity index (χ3n) is 5.89. The maximum Gasteiger partial charge on any atom is 0.0991 e. The minimum atomic E-state index is 0.580. The lowest BCUT2D eigenvalue weighted by Crippen LogP contribution is -2.28. The second-order valence-corrected chi connectivity index (χ2v) is 7.60. The van der Waals surface area contributed by atoms with Crippen molar-refractivity contribution in [3.63, 3.8) is 0 Å². The third kappa shape index (κ3) is 3.13. The maximum absolute atomic E-state index is 9.25. The summed E-state index contributed by atoms with van der Waals surface area (Å²) < 4.78 is 2.20. The lowest BCUT2D eigenvalue weighted by Gasteiger charge is -2.24. The van der Waals surface area contributed by atoms with Gasteiger partial charge >= 0.3 is 0 Å². The van der Waals surface area contributed by atoms with Crippen LogP contribution < -0.4 is 0 Å². The number of benzene rings is 2. The summed E-state index contributed by atoms with van der Waals surface area (Å²) >= 11 is 0. The van der Waals surface area contributed by atoms with Gasteiger partial charge in [0.15, 0.2) is 0 Å². The first-order chi connectivity index (χ1) is 12.7. The zero-order valence-corrected chi connectivity index (χ0v) is 15.5. The van der Waals surface area contributed by atoms with Crippen molar-refractivity contribution >= 4 is 10.9 Å². The van der Waals surface area contributed by atoms with Crippen molar-refractivity contribution in [2.24, 2.45) is 7.05 Å². The molecule has 0 bridgehead atoms. The highest BCUT2D eigenvalue weighted by atomic mass is 15.1. The number of nitrogens with zero attached hydrogens (tertiary/aromatic N) is 3. The topological polar surface area (TPSA) is 32.0 Å². The van der Waals surface area contributed by atoms with Crippen LogP contribution in [0.4, 0.5) is 0 Å². The summed E-state index contributed by atoms with van der Waals surface area (Å²) in [6.45, 7) is 1.01. The van der Waals surface area contributed by atoms with Crippen LogP contribution in [0.15, 0.2) is 54.7 Å². The van der Waals surface area contributed by atoms with Gasteiger partial charge in [-0.1, -0.05) is 30.3 Å². The Morgan fingerprint density at radius 2 is 1.96 bits per heavy atom. The molecule has 1 aliphatic rings. The second-order valence-electron chi connectivity index (χ2n) is 7.60. The third-order valence-corrected chi connectivity index (χ3v) is 5.89. The fourth-order valence-corrected chi connectivity index (χ4v) is 4.46. The molecule has 2 atom stereocenters. The number of rotatable bonds is 4. The summed E-state index contributed by atoms with van der Waals surface area (Å²) in [5.41, 5.74) is 4.76. The van der Waals surface area contributed by atoms with Crippen LogP contribution >= 0.6 is 0 Å². The van der Waals surface area contributed by atoms with Crippen molar-refractivity contribution in [1.29, 1.82) is 5.26 Å². The SMILES string of the molecule is CN(Cc1ccccc1)C1CCC(c2cn(C)c3ccc(C#N)cc23)C1. The fraction of sp³-hybridized carbons (Fsp3) is 0.348. The average Bonchev–Trinajstić information content (AvgIpc) is 3.27. The number of fused-ring (bicyclic) bond motifs is 1. The number of aryl methyl sites for hydroxylation is 1. The molecule has 3 nitrogen and oxygen atoms in total. The van der Waals surface area contributed by atoms with Crippen molar-refractivity contribution in [3.05, 3.63) is 71.4 Å². The number of hydrogen-bond acceptors (Lipinski definition) is 2. The maximum atomic E-state index is 9.25. The second kappa shape index (κ2) is 6.97.